The van der Waals surface area contributed by atoms with E-state index in [2.05, 4.69) is 30.7 Å². The molecule has 0 unspecified atom stereocenters. The fourth-order valence-electron chi connectivity index (χ4n) is 4.23. The van der Waals surface area contributed by atoms with Crippen LogP contribution in [0.2, 0.25) is 0 Å². The Hall–Kier alpha value is -3.82. The van der Waals surface area contributed by atoms with Crippen molar-refractivity contribution < 1.29 is 9.53 Å². The van der Waals surface area contributed by atoms with E-state index in [4.69, 9.17) is 4.74 Å². The molecule has 0 bridgehead atoms. The number of nitrogens with zero attached hydrogens (tertiary/aromatic N) is 5. The van der Waals surface area contributed by atoms with Crippen molar-refractivity contribution in [3.63, 3.8) is 0 Å². The van der Waals surface area contributed by atoms with E-state index < -0.39 is 0 Å². The minimum absolute atomic E-state index is 0.0392. The second kappa shape index (κ2) is 11.1. The van der Waals surface area contributed by atoms with Crippen molar-refractivity contribution in [3.8, 4) is 5.82 Å². The lowest BCUT2D eigenvalue weighted by atomic mass is 10.1. The summed E-state index contributed by atoms with van der Waals surface area (Å²) in [6, 6.07) is 15.7. The van der Waals surface area contributed by atoms with Crippen molar-refractivity contribution in [2.24, 2.45) is 0 Å². The standard InChI is InChI=1S/C26H29N7O2/c34-26(29-18-20-4-3-9-27-17-20)16-21-19-33(23-6-2-1-5-22(21)23)25-8-7-24(30-31-25)28-10-11-32-12-14-35-15-13-32/h1-9,17,19H,10-16,18H2,(H,28,30)(H,29,34). The van der Waals surface area contributed by atoms with Crippen LogP contribution in [0.5, 0.6) is 0 Å². The van der Waals surface area contributed by atoms with Gasteiger partial charge < -0.3 is 15.4 Å². The van der Waals surface area contributed by atoms with E-state index >= 15 is 0 Å². The second-order valence-electron chi connectivity index (χ2n) is 8.51. The smallest absolute Gasteiger partial charge is 0.224 e. The van der Waals surface area contributed by atoms with Gasteiger partial charge in [0.1, 0.15) is 5.82 Å². The Kier molecular flexibility index (Phi) is 7.26. The minimum Gasteiger partial charge on any atom is -0.379 e. The van der Waals surface area contributed by atoms with Crippen LogP contribution in [0.4, 0.5) is 5.82 Å². The molecule has 0 aliphatic carbocycles. The first-order valence-corrected chi connectivity index (χ1v) is 11.9. The predicted molar refractivity (Wildman–Crippen MR) is 134 cm³/mol. The van der Waals surface area contributed by atoms with E-state index in [9.17, 15) is 4.79 Å². The molecule has 1 amide bonds. The summed E-state index contributed by atoms with van der Waals surface area (Å²) < 4.78 is 7.38. The quantitative estimate of drug-likeness (QED) is 0.387. The second-order valence-corrected chi connectivity index (χ2v) is 8.51. The van der Waals surface area contributed by atoms with Crippen LogP contribution in [-0.4, -0.2) is 69.9 Å². The summed E-state index contributed by atoms with van der Waals surface area (Å²) in [4.78, 5) is 19.1. The Balaban J connectivity index is 1.24. The van der Waals surface area contributed by atoms with Crippen molar-refractivity contribution >= 4 is 22.6 Å². The molecule has 0 saturated carbocycles. The summed E-state index contributed by atoms with van der Waals surface area (Å²) in [5.74, 6) is 1.41. The molecule has 4 heterocycles. The monoisotopic (exact) mass is 471 g/mol. The molecule has 1 aliphatic rings. The molecule has 1 aromatic carbocycles. The van der Waals surface area contributed by atoms with Gasteiger partial charge in [-0.05, 0) is 35.4 Å². The van der Waals surface area contributed by atoms with E-state index in [-0.39, 0.29) is 12.3 Å². The van der Waals surface area contributed by atoms with Crippen LogP contribution in [0.1, 0.15) is 11.1 Å². The first kappa shape index (κ1) is 22.9. The van der Waals surface area contributed by atoms with E-state index in [1.165, 1.54) is 0 Å². The molecule has 9 heteroatoms. The number of aromatic nitrogens is 4. The molecule has 0 atom stereocenters. The first-order valence-electron chi connectivity index (χ1n) is 11.9. The number of morpholine rings is 1. The van der Waals surface area contributed by atoms with Crippen LogP contribution in [0.15, 0.2) is 67.1 Å². The van der Waals surface area contributed by atoms with Crippen LogP contribution < -0.4 is 10.6 Å². The first-order chi connectivity index (χ1) is 17.3. The number of nitrogens with one attached hydrogen (secondary N) is 2. The van der Waals surface area contributed by atoms with E-state index in [1.54, 1.807) is 12.4 Å². The largest absolute Gasteiger partial charge is 0.379 e. The molecular formula is C26H29N7O2. The molecule has 35 heavy (non-hydrogen) atoms. The van der Waals surface area contributed by atoms with Crippen LogP contribution in [-0.2, 0) is 22.5 Å². The van der Waals surface area contributed by atoms with Gasteiger partial charge in [0.2, 0.25) is 5.91 Å². The number of para-hydroxylation sites is 1. The third kappa shape index (κ3) is 5.82. The highest BCUT2D eigenvalue weighted by Crippen LogP contribution is 2.24. The number of carbonyl (C=O) groups is 1. The SMILES string of the molecule is O=C(Cc1cn(-c2ccc(NCCN3CCOCC3)nn2)c2ccccc12)NCc1cccnc1. The van der Waals surface area contributed by atoms with Gasteiger partial charge in [-0.2, -0.15) is 0 Å². The van der Waals surface area contributed by atoms with Gasteiger partial charge in [0.05, 0.1) is 25.2 Å². The third-order valence-corrected chi connectivity index (χ3v) is 6.09. The number of ether oxygens (including phenoxy) is 1. The highest BCUT2D eigenvalue weighted by molar-refractivity contribution is 5.90. The fourth-order valence-corrected chi connectivity index (χ4v) is 4.23. The Morgan fingerprint density at radius 3 is 2.71 bits per heavy atom. The third-order valence-electron chi connectivity index (χ3n) is 6.09. The van der Waals surface area contributed by atoms with Gasteiger partial charge in [0.25, 0.3) is 0 Å². The summed E-state index contributed by atoms with van der Waals surface area (Å²) in [5, 5.41) is 16.2. The summed E-state index contributed by atoms with van der Waals surface area (Å²) in [7, 11) is 0. The maximum absolute atomic E-state index is 12.6. The molecular weight excluding hydrogens is 442 g/mol. The number of benzene rings is 1. The Morgan fingerprint density at radius 2 is 1.91 bits per heavy atom. The zero-order valence-electron chi connectivity index (χ0n) is 19.6. The lowest BCUT2D eigenvalue weighted by molar-refractivity contribution is -0.120. The number of hydrogen-bond acceptors (Lipinski definition) is 7. The number of fused-ring (bicyclic) bond motifs is 1. The Morgan fingerprint density at radius 1 is 1.03 bits per heavy atom. The van der Waals surface area contributed by atoms with Crippen molar-refractivity contribution in [3.05, 3.63) is 78.2 Å². The molecule has 0 spiro atoms. The van der Waals surface area contributed by atoms with E-state index in [0.29, 0.717) is 12.4 Å². The lowest BCUT2D eigenvalue weighted by Crippen LogP contribution is -2.39. The molecule has 4 aromatic rings. The van der Waals surface area contributed by atoms with Gasteiger partial charge in [0.15, 0.2) is 5.82 Å². The molecule has 1 fully saturated rings. The zero-order valence-corrected chi connectivity index (χ0v) is 19.6. The van der Waals surface area contributed by atoms with Crippen molar-refractivity contribution in [2.45, 2.75) is 13.0 Å². The highest BCUT2D eigenvalue weighted by atomic mass is 16.5. The maximum atomic E-state index is 12.6. The van der Waals surface area contributed by atoms with Gasteiger partial charge in [0, 0.05) is 56.7 Å². The summed E-state index contributed by atoms with van der Waals surface area (Å²) >= 11 is 0. The minimum atomic E-state index is -0.0392. The van der Waals surface area contributed by atoms with Crippen molar-refractivity contribution in [1.82, 2.24) is 30.0 Å². The average molecular weight is 472 g/mol. The van der Waals surface area contributed by atoms with E-state index in [0.717, 1.165) is 67.2 Å². The molecule has 1 aliphatic heterocycles. The van der Waals surface area contributed by atoms with Crippen LogP contribution >= 0.6 is 0 Å². The Bertz CT molecular complexity index is 1250. The van der Waals surface area contributed by atoms with E-state index in [1.807, 2.05) is 59.3 Å². The number of anilines is 1. The van der Waals surface area contributed by atoms with Crippen molar-refractivity contribution in [1.29, 1.82) is 0 Å². The molecule has 2 N–H and O–H groups in total. The van der Waals surface area contributed by atoms with Gasteiger partial charge >= 0.3 is 0 Å². The number of carbonyl (C=O) groups excluding carboxylic acids is 1. The molecule has 3 aromatic heterocycles. The van der Waals surface area contributed by atoms with Crippen LogP contribution in [0.3, 0.4) is 0 Å². The topological polar surface area (TPSA) is 97.2 Å². The predicted octanol–water partition coefficient (Wildman–Crippen LogP) is 2.42. The van der Waals surface area contributed by atoms with Crippen LogP contribution in [0.25, 0.3) is 16.7 Å². The highest BCUT2D eigenvalue weighted by Gasteiger charge is 2.14. The van der Waals surface area contributed by atoms with Gasteiger partial charge in [-0.25, -0.2) is 0 Å². The molecule has 180 valence electrons. The number of rotatable bonds is 9. The van der Waals surface area contributed by atoms with Gasteiger partial charge in [-0.15, -0.1) is 10.2 Å². The van der Waals surface area contributed by atoms with Gasteiger partial charge in [-0.3, -0.25) is 19.2 Å². The number of pyridine rings is 1. The summed E-state index contributed by atoms with van der Waals surface area (Å²) in [6.07, 6.45) is 5.73. The van der Waals surface area contributed by atoms with Crippen LogP contribution in [0, 0.1) is 0 Å². The molecule has 9 nitrogen and oxygen atoms in total. The molecule has 1 saturated heterocycles. The fraction of sp³-hybridized carbons (Fsp3) is 0.308. The van der Waals surface area contributed by atoms with Crippen molar-refractivity contribution in [2.75, 3.05) is 44.7 Å². The Labute approximate surface area is 204 Å². The summed E-state index contributed by atoms with van der Waals surface area (Å²) in [5.41, 5.74) is 2.90. The zero-order chi connectivity index (χ0) is 23.9. The summed E-state index contributed by atoms with van der Waals surface area (Å²) in [6.45, 7) is 5.74. The lowest BCUT2D eigenvalue weighted by Gasteiger charge is -2.26. The number of hydrogen-bond donors (Lipinski definition) is 2. The normalized spacial score (nSPS) is 14.2. The average Bonchev–Trinajstić information content (AvgIpc) is 3.27. The van der Waals surface area contributed by atoms with Gasteiger partial charge in [-0.1, -0.05) is 24.3 Å². The molecule has 5 rings (SSSR count). The maximum Gasteiger partial charge on any atom is 0.224 e. The molecule has 0 radical (unpaired) electrons. The number of amides is 1.